The number of rotatable bonds is 5. The minimum Gasteiger partial charge on any atom is -0.481 e. The van der Waals surface area contributed by atoms with Gasteiger partial charge in [0.25, 0.3) is 0 Å². The van der Waals surface area contributed by atoms with E-state index in [0.29, 0.717) is 24.9 Å². The molecule has 0 radical (unpaired) electrons. The normalized spacial score (nSPS) is 10.5. The number of ether oxygens (including phenoxy) is 1. The second-order valence-corrected chi connectivity index (χ2v) is 3.64. The molecular formula is C12H15N3O2. The maximum absolute atomic E-state index is 5.36. The van der Waals surface area contributed by atoms with Crippen molar-refractivity contribution in [2.24, 2.45) is 0 Å². The third kappa shape index (κ3) is 3.04. The van der Waals surface area contributed by atoms with E-state index in [1.54, 1.807) is 19.5 Å². The first-order chi connectivity index (χ1) is 8.29. The lowest BCUT2D eigenvalue weighted by Crippen LogP contribution is -2.13. The number of nitrogens with zero attached hydrogens (tertiary/aromatic N) is 2. The monoisotopic (exact) mass is 233 g/mol. The van der Waals surface area contributed by atoms with Gasteiger partial charge in [-0.15, -0.1) is 0 Å². The van der Waals surface area contributed by atoms with E-state index >= 15 is 0 Å². The predicted molar refractivity (Wildman–Crippen MR) is 62.6 cm³/mol. The molecule has 1 N–H and O–H groups in total. The lowest BCUT2D eigenvalue weighted by atomic mass is 10.2. The summed E-state index contributed by atoms with van der Waals surface area (Å²) >= 11 is 0. The zero-order chi connectivity index (χ0) is 12.1. The summed E-state index contributed by atoms with van der Waals surface area (Å²) in [4.78, 5) is 8.24. The first-order valence-electron chi connectivity index (χ1n) is 5.39. The summed E-state index contributed by atoms with van der Waals surface area (Å²) < 4.78 is 10.5. The Morgan fingerprint density at radius 1 is 1.35 bits per heavy atom. The number of aromatic nitrogens is 2. The summed E-state index contributed by atoms with van der Waals surface area (Å²) in [5.41, 5.74) is 1.01. The van der Waals surface area contributed by atoms with Gasteiger partial charge in [0, 0.05) is 18.3 Å². The lowest BCUT2D eigenvalue weighted by Gasteiger charge is -2.06. The average Bonchev–Trinajstić information content (AvgIpc) is 2.76. The minimum atomic E-state index is 0.589. The summed E-state index contributed by atoms with van der Waals surface area (Å²) in [6, 6.07) is 3.86. The number of nitrogens with one attached hydrogen (secondary N) is 1. The summed E-state index contributed by atoms with van der Waals surface area (Å²) in [7, 11) is 1.61. The zero-order valence-corrected chi connectivity index (χ0v) is 9.93. The highest BCUT2D eigenvalue weighted by Crippen LogP contribution is 2.13. The molecule has 17 heavy (non-hydrogen) atoms. The molecule has 5 heteroatoms. The van der Waals surface area contributed by atoms with Crippen LogP contribution >= 0.6 is 0 Å². The third-order valence-corrected chi connectivity index (χ3v) is 2.30. The Balaban J connectivity index is 1.89. The van der Waals surface area contributed by atoms with Crippen molar-refractivity contribution in [2.75, 3.05) is 7.11 Å². The Morgan fingerprint density at radius 3 is 2.94 bits per heavy atom. The maximum atomic E-state index is 5.36. The minimum absolute atomic E-state index is 0.589. The van der Waals surface area contributed by atoms with Crippen LogP contribution < -0.4 is 10.1 Å². The molecule has 0 saturated carbocycles. The number of pyridine rings is 1. The van der Waals surface area contributed by atoms with Crippen LogP contribution in [0.1, 0.15) is 17.2 Å². The molecule has 0 aliphatic carbocycles. The molecule has 0 saturated heterocycles. The van der Waals surface area contributed by atoms with Gasteiger partial charge in [-0.05, 0) is 13.0 Å². The van der Waals surface area contributed by atoms with Gasteiger partial charge in [-0.25, -0.2) is 9.97 Å². The number of methoxy groups -OCH3 is 1. The fourth-order valence-electron chi connectivity index (χ4n) is 1.53. The van der Waals surface area contributed by atoms with Gasteiger partial charge in [0.2, 0.25) is 11.8 Å². The van der Waals surface area contributed by atoms with E-state index in [1.165, 1.54) is 0 Å². The molecule has 2 heterocycles. The Labute approximate surface area is 99.8 Å². The summed E-state index contributed by atoms with van der Waals surface area (Å²) in [5, 5.41) is 3.23. The van der Waals surface area contributed by atoms with Crippen LogP contribution in [0.3, 0.4) is 0 Å². The van der Waals surface area contributed by atoms with Crippen molar-refractivity contribution in [2.45, 2.75) is 20.0 Å². The molecule has 5 nitrogen and oxygen atoms in total. The Hall–Kier alpha value is -1.88. The highest BCUT2D eigenvalue weighted by atomic mass is 16.5. The molecule has 2 aromatic heterocycles. The van der Waals surface area contributed by atoms with Crippen LogP contribution in [-0.4, -0.2) is 17.1 Å². The van der Waals surface area contributed by atoms with E-state index in [-0.39, 0.29) is 0 Å². The van der Waals surface area contributed by atoms with Crippen LogP contribution in [0.15, 0.2) is 28.9 Å². The zero-order valence-electron chi connectivity index (χ0n) is 9.93. The third-order valence-electron chi connectivity index (χ3n) is 2.30. The van der Waals surface area contributed by atoms with Crippen molar-refractivity contribution in [1.82, 2.24) is 15.3 Å². The topological polar surface area (TPSA) is 60.2 Å². The molecule has 0 unspecified atom stereocenters. The van der Waals surface area contributed by atoms with Crippen LogP contribution in [0.4, 0.5) is 0 Å². The van der Waals surface area contributed by atoms with Crippen LogP contribution in [0.25, 0.3) is 0 Å². The largest absolute Gasteiger partial charge is 0.481 e. The molecule has 0 aliphatic rings. The Kier molecular flexibility index (Phi) is 3.72. The maximum Gasteiger partial charge on any atom is 0.217 e. The average molecular weight is 233 g/mol. The Bertz CT molecular complexity index is 482. The molecule has 0 bridgehead atoms. The first kappa shape index (κ1) is 11.6. The summed E-state index contributed by atoms with van der Waals surface area (Å²) in [5.74, 6) is 2.15. The lowest BCUT2D eigenvalue weighted by molar-refractivity contribution is 0.388. The van der Waals surface area contributed by atoms with Gasteiger partial charge in [-0.1, -0.05) is 6.07 Å². The summed E-state index contributed by atoms with van der Waals surface area (Å²) in [6.07, 6.45) is 3.42. The standard InChI is InChI=1S/C12H15N3O2/c1-9-6-15-11(17-9)8-13-7-10-4-3-5-14-12(10)16-2/h3-6,13H,7-8H2,1-2H3. The number of oxazole rings is 1. The second kappa shape index (κ2) is 5.45. The van der Waals surface area contributed by atoms with Gasteiger partial charge < -0.3 is 14.5 Å². The van der Waals surface area contributed by atoms with Gasteiger partial charge in [-0.3, -0.25) is 0 Å². The second-order valence-electron chi connectivity index (χ2n) is 3.64. The van der Waals surface area contributed by atoms with Gasteiger partial charge in [-0.2, -0.15) is 0 Å². The molecular weight excluding hydrogens is 218 g/mol. The van der Waals surface area contributed by atoms with E-state index in [1.807, 2.05) is 19.1 Å². The van der Waals surface area contributed by atoms with Crippen molar-refractivity contribution >= 4 is 0 Å². The SMILES string of the molecule is COc1ncccc1CNCc1ncc(C)o1. The molecule has 0 spiro atoms. The van der Waals surface area contributed by atoms with Crippen LogP contribution in [0.2, 0.25) is 0 Å². The van der Waals surface area contributed by atoms with E-state index in [0.717, 1.165) is 11.3 Å². The molecule has 0 aliphatic heterocycles. The fraction of sp³-hybridized carbons (Fsp3) is 0.333. The molecule has 2 rings (SSSR count). The number of hydrogen-bond donors (Lipinski definition) is 1. The van der Waals surface area contributed by atoms with Crippen LogP contribution in [0.5, 0.6) is 5.88 Å². The van der Waals surface area contributed by atoms with Crippen molar-refractivity contribution < 1.29 is 9.15 Å². The van der Waals surface area contributed by atoms with Gasteiger partial charge >= 0.3 is 0 Å². The van der Waals surface area contributed by atoms with Gasteiger partial charge in [0.05, 0.1) is 19.9 Å². The van der Waals surface area contributed by atoms with Crippen molar-refractivity contribution in [1.29, 1.82) is 0 Å². The van der Waals surface area contributed by atoms with Crippen LogP contribution in [-0.2, 0) is 13.1 Å². The first-order valence-corrected chi connectivity index (χ1v) is 5.39. The highest BCUT2D eigenvalue weighted by Gasteiger charge is 2.04. The highest BCUT2D eigenvalue weighted by molar-refractivity contribution is 5.24. The quantitative estimate of drug-likeness (QED) is 0.851. The number of aryl methyl sites for hydroxylation is 1. The van der Waals surface area contributed by atoms with Gasteiger partial charge in [0.1, 0.15) is 5.76 Å². The molecule has 0 amide bonds. The summed E-state index contributed by atoms with van der Waals surface area (Å²) in [6.45, 7) is 3.13. The molecule has 2 aromatic rings. The van der Waals surface area contributed by atoms with Gasteiger partial charge in [0.15, 0.2) is 0 Å². The van der Waals surface area contributed by atoms with Crippen molar-refractivity contribution in [3.05, 3.63) is 41.7 Å². The predicted octanol–water partition coefficient (Wildman–Crippen LogP) is 1.68. The van der Waals surface area contributed by atoms with Crippen molar-refractivity contribution in [3.8, 4) is 5.88 Å². The molecule has 0 fully saturated rings. The van der Waals surface area contributed by atoms with E-state index in [2.05, 4.69) is 15.3 Å². The van der Waals surface area contributed by atoms with E-state index < -0.39 is 0 Å². The fourth-order valence-corrected chi connectivity index (χ4v) is 1.53. The molecule has 90 valence electrons. The van der Waals surface area contributed by atoms with Crippen LogP contribution in [0, 0.1) is 6.92 Å². The van der Waals surface area contributed by atoms with E-state index in [9.17, 15) is 0 Å². The smallest absolute Gasteiger partial charge is 0.217 e. The molecule has 0 aromatic carbocycles. The Morgan fingerprint density at radius 2 is 2.24 bits per heavy atom. The molecule has 0 atom stereocenters. The van der Waals surface area contributed by atoms with Crippen molar-refractivity contribution in [3.63, 3.8) is 0 Å². The number of hydrogen-bond acceptors (Lipinski definition) is 5. The van der Waals surface area contributed by atoms with E-state index in [4.69, 9.17) is 9.15 Å².